The van der Waals surface area contributed by atoms with Crippen molar-refractivity contribution in [2.24, 2.45) is 11.8 Å². The molecule has 2 aromatic rings. The van der Waals surface area contributed by atoms with Crippen molar-refractivity contribution in [1.82, 2.24) is 4.90 Å². The normalized spacial score (nSPS) is 36.7. The van der Waals surface area contributed by atoms with Crippen LogP contribution in [-0.4, -0.2) is 22.8 Å². The van der Waals surface area contributed by atoms with Gasteiger partial charge in [-0.3, -0.25) is 9.69 Å². The number of rotatable bonds is 4. The van der Waals surface area contributed by atoms with Gasteiger partial charge in [-0.15, -0.1) is 0 Å². The molecule has 0 radical (unpaired) electrons. The molecule has 2 heteroatoms. The monoisotopic (exact) mass is 317 g/mol. The van der Waals surface area contributed by atoms with Crippen LogP contribution in [0.4, 0.5) is 0 Å². The average molecular weight is 317 g/mol. The first kappa shape index (κ1) is 14.4. The fourth-order valence-corrected chi connectivity index (χ4v) is 5.29. The quantitative estimate of drug-likeness (QED) is 0.612. The van der Waals surface area contributed by atoms with E-state index in [9.17, 15) is 4.79 Å². The number of nitrogens with zero attached hydrogens (tertiary/aromatic N) is 1. The van der Waals surface area contributed by atoms with Crippen LogP contribution in [0.5, 0.6) is 0 Å². The third-order valence-electron chi connectivity index (χ3n) is 6.40. The van der Waals surface area contributed by atoms with Gasteiger partial charge in [0, 0.05) is 11.6 Å². The first-order chi connectivity index (χ1) is 11.8. The number of hydrogen-bond donors (Lipinski definition) is 0. The highest BCUT2D eigenvalue weighted by atomic mass is 16.1. The SMILES string of the molecule is O=C(c1ccccc1)[C@@H]1[C@@H](c2ccccc2)N1C1CC2CCC1C2. The summed E-state index contributed by atoms with van der Waals surface area (Å²) in [6, 6.07) is 21.4. The predicted octanol–water partition coefficient (Wildman–Crippen LogP) is 4.48. The van der Waals surface area contributed by atoms with E-state index in [0.717, 1.165) is 17.4 Å². The maximum atomic E-state index is 13.1. The minimum Gasteiger partial charge on any atom is -0.292 e. The van der Waals surface area contributed by atoms with Crippen LogP contribution in [-0.2, 0) is 0 Å². The zero-order valence-corrected chi connectivity index (χ0v) is 13.8. The lowest BCUT2D eigenvalue weighted by Crippen LogP contribution is -2.29. The van der Waals surface area contributed by atoms with Gasteiger partial charge in [0.25, 0.3) is 0 Å². The third-order valence-corrected chi connectivity index (χ3v) is 6.40. The molecule has 1 aliphatic heterocycles. The Morgan fingerprint density at radius 1 is 0.875 bits per heavy atom. The van der Waals surface area contributed by atoms with E-state index in [1.165, 1.54) is 31.2 Å². The number of hydrogen-bond acceptors (Lipinski definition) is 2. The molecule has 3 fully saturated rings. The highest BCUT2D eigenvalue weighted by molar-refractivity contribution is 6.02. The zero-order valence-electron chi connectivity index (χ0n) is 13.8. The molecule has 122 valence electrons. The lowest BCUT2D eigenvalue weighted by Gasteiger charge is -2.24. The van der Waals surface area contributed by atoms with Crippen molar-refractivity contribution < 1.29 is 4.79 Å². The third kappa shape index (κ3) is 2.24. The topological polar surface area (TPSA) is 20.1 Å². The molecular formula is C22H23NO. The van der Waals surface area contributed by atoms with Crippen LogP contribution in [0, 0.1) is 11.8 Å². The van der Waals surface area contributed by atoms with E-state index in [-0.39, 0.29) is 12.1 Å². The molecule has 6 atom stereocenters. The molecule has 0 N–H and O–H groups in total. The first-order valence-electron chi connectivity index (χ1n) is 9.24. The molecule has 0 spiro atoms. The number of benzene rings is 2. The first-order valence-corrected chi connectivity index (χ1v) is 9.24. The Morgan fingerprint density at radius 2 is 1.58 bits per heavy atom. The summed E-state index contributed by atoms with van der Waals surface area (Å²) in [7, 11) is 0. The van der Waals surface area contributed by atoms with Crippen LogP contribution in [0.3, 0.4) is 0 Å². The second kappa shape index (κ2) is 5.56. The van der Waals surface area contributed by atoms with Gasteiger partial charge in [-0.1, -0.05) is 67.1 Å². The van der Waals surface area contributed by atoms with Crippen LogP contribution in [0.1, 0.15) is 47.6 Å². The van der Waals surface area contributed by atoms with Gasteiger partial charge in [-0.05, 0) is 36.7 Å². The van der Waals surface area contributed by atoms with E-state index in [0.29, 0.717) is 11.8 Å². The van der Waals surface area contributed by atoms with Gasteiger partial charge in [0.1, 0.15) is 0 Å². The van der Waals surface area contributed by atoms with Gasteiger partial charge < -0.3 is 0 Å². The average Bonchev–Trinajstić information content (AvgIpc) is 3.00. The molecule has 2 nitrogen and oxygen atoms in total. The largest absolute Gasteiger partial charge is 0.292 e. The Balaban J connectivity index is 1.46. The van der Waals surface area contributed by atoms with Crippen molar-refractivity contribution in [3.05, 3.63) is 71.8 Å². The zero-order chi connectivity index (χ0) is 16.1. The standard InChI is InChI=1S/C22H23NO/c24-22(17-9-5-2-6-10-17)21-20(16-7-3-1-4-8-16)23(21)19-14-15-11-12-18(19)13-15/h1-10,15,18-21H,11-14H2/t15?,18?,19?,20-,21+,23?/m1/s1. The lowest BCUT2D eigenvalue weighted by atomic mass is 9.95. The van der Waals surface area contributed by atoms with E-state index >= 15 is 0 Å². The van der Waals surface area contributed by atoms with Gasteiger partial charge in [0.05, 0.1) is 12.1 Å². The molecule has 2 aliphatic carbocycles. The second-order valence-corrected chi connectivity index (χ2v) is 7.72. The van der Waals surface area contributed by atoms with Crippen LogP contribution in [0.25, 0.3) is 0 Å². The van der Waals surface area contributed by atoms with Gasteiger partial charge in [-0.25, -0.2) is 0 Å². The highest BCUT2D eigenvalue weighted by Crippen LogP contribution is 2.56. The number of ketones is 1. The minimum atomic E-state index is 0.0409. The molecular weight excluding hydrogens is 294 g/mol. The van der Waals surface area contributed by atoms with Crippen LogP contribution in [0.15, 0.2) is 60.7 Å². The summed E-state index contributed by atoms with van der Waals surface area (Å²) in [6.45, 7) is 0. The summed E-state index contributed by atoms with van der Waals surface area (Å²) in [6.07, 6.45) is 5.45. The van der Waals surface area contributed by atoms with Gasteiger partial charge >= 0.3 is 0 Å². The lowest BCUT2D eigenvalue weighted by molar-refractivity contribution is 0.0960. The molecule has 2 aromatic carbocycles. The maximum absolute atomic E-state index is 13.1. The van der Waals surface area contributed by atoms with Crippen LogP contribution in [0.2, 0.25) is 0 Å². The Hall–Kier alpha value is -1.93. The molecule has 2 saturated carbocycles. The molecule has 4 unspecified atom stereocenters. The van der Waals surface area contributed by atoms with E-state index in [1.807, 2.05) is 30.3 Å². The van der Waals surface area contributed by atoms with Gasteiger partial charge in [-0.2, -0.15) is 0 Å². The van der Waals surface area contributed by atoms with Crippen molar-refractivity contribution in [3.8, 4) is 0 Å². The second-order valence-electron chi connectivity index (χ2n) is 7.72. The number of Topliss-reactive ketones (excluding diaryl/α,β-unsaturated/α-hetero) is 1. The highest BCUT2D eigenvalue weighted by Gasteiger charge is 2.59. The number of carbonyl (C=O) groups is 1. The predicted molar refractivity (Wildman–Crippen MR) is 94.8 cm³/mol. The summed E-state index contributed by atoms with van der Waals surface area (Å²) in [5.74, 6) is 2.02. The molecule has 2 bridgehead atoms. The molecule has 1 saturated heterocycles. The van der Waals surface area contributed by atoms with Crippen molar-refractivity contribution in [2.75, 3.05) is 0 Å². The summed E-state index contributed by atoms with van der Waals surface area (Å²) in [5.41, 5.74) is 2.16. The Labute approximate surface area is 143 Å². The van der Waals surface area contributed by atoms with Gasteiger partial charge in [0.15, 0.2) is 5.78 Å². The molecule has 3 aliphatic rings. The number of fused-ring (bicyclic) bond motifs is 2. The molecule has 5 rings (SSSR count). The van der Waals surface area contributed by atoms with Crippen molar-refractivity contribution in [2.45, 2.75) is 43.8 Å². The fourth-order valence-electron chi connectivity index (χ4n) is 5.29. The van der Waals surface area contributed by atoms with Gasteiger partial charge in [0.2, 0.25) is 0 Å². The molecule has 1 heterocycles. The number of carbonyl (C=O) groups excluding carboxylic acids is 1. The maximum Gasteiger partial charge on any atom is 0.181 e. The Morgan fingerprint density at radius 3 is 2.21 bits per heavy atom. The van der Waals surface area contributed by atoms with E-state index in [1.54, 1.807) is 0 Å². The Bertz CT molecular complexity index is 741. The fraction of sp³-hybridized carbons (Fsp3) is 0.409. The summed E-state index contributed by atoms with van der Waals surface area (Å²) in [4.78, 5) is 15.7. The summed E-state index contributed by atoms with van der Waals surface area (Å²) >= 11 is 0. The van der Waals surface area contributed by atoms with Crippen molar-refractivity contribution in [1.29, 1.82) is 0 Å². The molecule has 0 amide bonds. The Kier molecular flexibility index (Phi) is 3.34. The van der Waals surface area contributed by atoms with E-state index in [4.69, 9.17) is 0 Å². The smallest absolute Gasteiger partial charge is 0.181 e. The van der Waals surface area contributed by atoms with E-state index < -0.39 is 0 Å². The van der Waals surface area contributed by atoms with Crippen LogP contribution < -0.4 is 0 Å². The minimum absolute atomic E-state index is 0.0409. The van der Waals surface area contributed by atoms with E-state index in [2.05, 4.69) is 35.2 Å². The summed E-state index contributed by atoms with van der Waals surface area (Å²) in [5, 5.41) is 0. The summed E-state index contributed by atoms with van der Waals surface area (Å²) < 4.78 is 0. The van der Waals surface area contributed by atoms with Crippen LogP contribution >= 0.6 is 0 Å². The molecule has 24 heavy (non-hydrogen) atoms. The molecule has 0 aromatic heterocycles. The van der Waals surface area contributed by atoms with Crippen molar-refractivity contribution in [3.63, 3.8) is 0 Å². The van der Waals surface area contributed by atoms with Crippen molar-refractivity contribution >= 4 is 5.78 Å².